The largest absolute Gasteiger partial charge is 0.396 e. The molecule has 17 rings (SSSR count). The highest BCUT2D eigenvalue weighted by Crippen LogP contribution is 2.34. The third kappa shape index (κ3) is 19.5. The number of aliphatic hydroxyl groups is 8. The van der Waals surface area contributed by atoms with Crippen molar-refractivity contribution >= 4 is 22.1 Å². The maximum absolute atomic E-state index is 9.70. The Hall–Kier alpha value is -12.9. The van der Waals surface area contributed by atoms with Crippen molar-refractivity contribution in [3.63, 3.8) is 0 Å². The Morgan fingerprint density at radius 2 is 0.636 bits per heavy atom. The molecule has 36 heteroatoms. The fraction of sp³-hybridized carbons (Fsp3) is 0.365. The van der Waals surface area contributed by atoms with E-state index in [-0.39, 0.29) is 58.1 Å². The maximum Gasteiger partial charge on any atom is 0.0999 e. The Kier molecular flexibility index (Phi) is 27.4. The third-order valence-electron chi connectivity index (χ3n) is 21.4. The first kappa shape index (κ1) is 84.5. The zero-order valence-corrected chi connectivity index (χ0v) is 68.6. The summed E-state index contributed by atoms with van der Waals surface area (Å²) >= 11 is 0. The van der Waals surface area contributed by atoms with Crippen molar-refractivity contribution in [1.82, 2.24) is 137 Å². The van der Waals surface area contributed by atoms with Crippen LogP contribution in [0.2, 0.25) is 0 Å². The third-order valence-corrected chi connectivity index (χ3v) is 21.4. The first-order chi connectivity index (χ1) is 59.0. The van der Waals surface area contributed by atoms with Gasteiger partial charge in [0.25, 0.3) is 0 Å². The van der Waals surface area contributed by atoms with Crippen molar-refractivity contribution in [3.8, 4) is 90.1 Å². The highest BCUT2D eigenvalue weighted by molar-refractivity contribution is 5.81. The lowest BCUT2D eigenvalue weighted by molar-refractivity contribution is 0.0782. The van der Waals surface area contributed by atoms with Gasteiger partial charge in [0.2, 0.25) is 0 Å². The average Bonchev–Trinajstić information content (AvgIpc) is 1.66. The average molecular weight is 1640 g/mol. The molecule has 0 fully saturated rings. The second-order valence-corrected chi connectivity index (χ2v) is 29.8. The quantitative estimate of drug-likeness (QED) is 0.0190. The summed E-state index contributed by atoms with van der Waals surface area (Å²) in [5.74, 6) is -0.245. The lowest BCUT2D eigenvalue weighted by Crippen LogP contribution is -2.19. The minimum Gasteiger partial charge on any atom is -0.396 e. The van der Waals surface area contributed by atoms with Gasteiger partial charge in [-0.15, -0.1) is 0 Å². The molecule has 0 aliphatic heterocycles. The monoisotopic (exact) mass is 1640 g/mol. The molecule has 5 atom stereocenters. The van der Waals surface area contributed by atoms with Crippen LogP contribution in [0.1, 0.15) is 123 Å². The molecule has 2 unspecified atom stereocenters. The van der Waals surface area contributed by atoms with Gasteiger partial charge in [0.1, 0.15) is 0 Å². The van der Waals surface area contributed by atoms with Gasteiger partial charge in [-0.1, -0.05) is 71.9 Å². The summed E-state index contributed by atoms with van der Waals surface area (Å²) in [5.41, 5.74) is 18.0. The number of benzene rings is 1. The molecular weight excluding hydrogens is 1540 g/mol. The van der Waals surface area contributed by atoms with Crippen LogP contribution in [-0.4, -0.2) is 229 Å². The normalized spacial score (nSPS) is 13.0. The predicted molar refractivity (Wildman–Crippen MR) is 452 cm³/mol. The molecule has 0 radical (unpaired) electrons. The summed E-state index contributed by atoms with van der Waals surface area (Å²) in [6.45, 7) is 15.4. The van der Waals surface area contributed by atoms with E-state index >= 15 is 0 Å². The molecule has 0 saturated carbocycles. The van der Waals surface area contributed by atoms with Crippen LogP contribution in [-0.2, 0) is 26.2 Å². The molecule has 0 spiro atoms. The number of nitrogens with zero attached hydrogens (tertiary/aromatic N) is 28. The number of aliphatic hydroxyl groups excluding tert-OH is 8. The Morgan fingerprint density at radius 3 is 0.992 bits per heavy atom. The Morgan fingerprint density at radius 1 is 0.306 bits per heavy atom. The van der Waals surface area contributed by atoms with E-state index in [2.05, 4.69) is 128 Å². The molecule has 0 saturated heterocycles. The van der Waals surface area contributed by atoms with Gasteiger partial charge in [0.05, 0.1) is 236 Å². The number of hydrogen-bond donors (Lipinski definition) is 8. The van der Waals surface area contributed by atoms with E-state index in [0.29, 0.717) is 49.0 Å². The predicted octanol–water partition coefficient (Wildman–Crippen LogP) is 9.57. The van der Waals surface area contributed by atoms with E-state index in [0.717, 1.165) is 139 Å². The summed E-state index contributed by atoms with van der Waals surface area (Å²) in [6.07, 6.45) is 48.2. The minimum atomic E-state index is -0.864. The molecule has 16 aromatic heterocycles. The smallest absolute Gasteiger partial charge is 0.0999 e. The number of aryl methyl sites for hydroxylation is 1. The van der Waals surface area contributed by atoms with Gasteiger partial charge in [-0.2, -0.15) is 61.2 Å². The second kappa shape index (κ2) is 39.3. The van der Waals surface area contributed by atoms with Gasteiger partial charge in [0.15, 0.2) is 0 Å². The summed E-state index contributed by atoms with van der Waals surface area (Å²) < 4.78 is 21.8. The van der Waals surface area contributed by atoms with Gasteiger partial charge in [-0.3, -0.25) is 37.5 Å². The molecule has 0 aliphatic carbocycles. The van der Waals surface area contributed by atoms with Gasteiger partial charge in [-0.25, -0.2) is 38.0 Å². The lowest BCUT2D eigenvalue weighted by atomic mass is 10.1. The Bertz CT molecular complexity index is 6120. The number of hydrogen-bond acceptors (Lipinski definition) is 24. The molecule has 0 aliphatic rings. The topological polar surface area (TPSA) is 425 Å². The van der Waals surface area contributed by atoms with Gasteiger partial charge < -0.3 is 40.9 Å². The molecule has 8 N–H and O–H groups in total. The molecule has 36 nitrogen and oxygen atoms in total. The zero-order valence-electron chi connectivity index (χ0n) is 68.6. The van der Waals surface area contributed by atoms with Crippen molar-refractivity contribution in [1.29, 1.82) is 0 Å². The van der Waals surface area contributed by atoms with Crippen LogP contribution < -0.4 is 0 Å². The summed E-state index contributed by atoms with van der Waals surface area (Å²) in [6, 6.07) is 19.3. The van der Waals surface area contributed by atoms with Crippen LogP contribution in [0.5, 0.6) is 0 Å². The molecule has 1 aromatic carbocycles. The molecule has 0 bridgehead atoms. The van der Waals surface area contributed by atoms with Crippen LogP contribution in [0, 0.1) is 5.92 Å². The standard InChI is InChI=1S/C24H25N7O2.2C21H27N7O2.C19H23N7O2/c1-2-22(17-6-4-3-5-7-17)30-13-19(11-27-30)24-23-8-9-25-31(23)15-21(28-24)18-10-26-29(12-18)14-20(33)16-32;1-3-17(4-2)27-12-16(10-24-27)21-20-5-7-22-28(20)13-19(25-21)15-9-23-26(11-15)8-6-18(30)14-29;1-3-18(4-2)27-11-17(8-24-27)21-20-5-6-22-28(20)12-19(25-21)16-7-23-26(10-16)9-15(13-29)14-30;1-3-13(2)25-9-15(7-22-25)19-18-4-5-20-26(18)11-17(23-19)14-6-21-24(8-14)10-16(28)12-27/h3-13,15,20,22,32-33H,2,14,16H2,1H3;5,7,9-13,17-18,29-30H,3-4,6,8,14H2,1-2H3;5-8,10-12,15,18,29-30H,3-4,9,13-14H2,1-2H3;4-9,11,13,16,27-28H,3,10,12H2,1-2H3/t20-,22?;18-;;13?,16-/m11.1/s1. The SMILES string of the molecule is CCC(C)n1cc(-c2nc(-c3cnn(C[C@@H](O)CO)c3)cn3nccc23)cn1.CCC(CC)n1cc(-c2nc(-c3cnn(CC(CO)CO)c3)cn3nccc23)cn1.CCC(CC)n1cc(-c2nc(-c3cnn(CC[C@@H](O)CO)c3)cn3nccc23)cn1.CCC(c1ccccc1)n1cc(-c2nc(-c3cnn(C[C@@H](O)CO)c3)cn3nccc23)cn1. The van der Waals surface area contributed by atoms with Gasteiger partial charge in [0, 0.05) is 132 Å². The minimum absolute atomic E-state index is 0.0894. The highest BCUT2D eigenvalue weighted by Gasteiger charge is 2.23. The van der Waals surface area contributed by atoms with E-state index in [1.807, 2.05) is 151 Å². The van der Waals surface area contributed by atoms with E-state index in [9.17, 15) is 25.5 Å². The number of fused-ring (bicyclic) bond motifs is 4. The van der Waals surface area contributed by atoms with E-state index in [1.54, 1.807) is 89.7 Å². The Balaban J connectivity index is 0.000000132. The van der Waals surface area contributed by atoms with Crippen molar-refractivity contribution in [2.45, 2.75) is 162 Å². The fourth-order valence-corrected chi connectivity index (χ4v) is 14.3. The summed E-state index contributed by atoms with van der Waals surface area (Å²) in [7, 11) is 0. The summed E-state index contributed by atoms with van der Waals surface area (Å²) in [5, 5.41) is 128. The van der Waals surface area contributed by atoms with Crippen molar-refractivity contribution in [2.24, 2.45) is 5.92 Å². The first-order valence-electron chi connectivity index (χ1n) is 40.8. The number of aromatic nitrogens is 28. The first-order valence-corrected chi connectivity index (χ1v) is 40.8. The highest BCUT2D eigenvalue weighted by atomic mass is 16.3. The van der Waals surface area contributed by atoms with Crippen molar-refractivity contribution in [2.75, 3.05) is 33.0 Å². The maximum atomic E-state index is 9.70. The van der Waals surface area contributed by atoms with Crippen LogP contribution in [0.3, 0.4) is 0 Å². The fourth-order valence-electron chi connectivity index (χ4n) is 14.3. The van der Waals surface area contributed by atoms with E-state index < -0.39 is 18.3 Å². The van der Waals surface area contributed by atoms with Crippen molar-refractivity contribution in [3.05, 3.63) is 209 Å². The molecular formula is C85H102N28O8. The molecule has 630 valence electrons. The van der Waals surface area contributed by atoms with Crippen LogP contribution in [0.25, 0.3) is 112 Å². The second-order valence-electron chi connectivity index (χ2n) is 29.8. The van der Waals surface area contributed by atoms with Crippen LogP contribution >= 0.6 is 0 Å². The zero-order chi connectivity index (χ0) is 84.6. The van der Waals surface area contributed by atoms with Crippen LogP contribution in [0.15, 0.2) is 203 Å². The molecule has 121 heavy (non-hydrogen) atoms. The lowest BCUT2D eigenvalue weighted by Gasteiger charge is -2.15. The van der Waals surface area contributed by atoms with E-state index in [1.165, 1.54) is 5.56 Å². The van der Waals surface area contributed by atoms with Crippen molar-refractivity contribution < 1.29 is 40.9 Å². The number of rotatable bonds is 33. The van der Waals surface area contributed by atoms with Gasteiger partial charge >= 0.3 is 0 Å². The summed E-state index contributed by atoms with van der Waals surface area (Å²) in [4.78, 5) is 19.6. The van der Waals surface area contributed by atoms with Gasteiger partial charge in [-0.05, 0) is 81.7 Å². The van der Waals surface area contributed by atoms with E-state index in [4.69, 9.17) is 35.3 Å². The molecule has 17 aromatic rings. The Labute approximate surface area is 696 Å². The molecule has 0 amide bonds. The van der Waals surface area contributed by atoms with Crippen LogP contribution in [0.4, 0.5) is 0 Å². The molecule has 16 heterocycles.